The van der Waals surface area contributed by atoms with Crippen LogP contribution in [0.25, 0.3) is 43.1 Å². The molecule has 5 aromatic carbocycles. The summed E-state index contributed by atoms with van der Waals surface area (Å²) in [4.78, 5) is 101. The van der Waals surface area contributed by atoms with Crippen LogP contribution in [0.1, 0.15) is 54.3 Å². The molecule has 72 heavy (non-hydrogen) atoms. The molecule has 0 saturated heterocycles. The number of nitrogens with zero attached hydrogens (tertiary/aromatic N) is 6. The molecule has 6 heterocycles. The Bertz CT molecular complexity index is 3190. The number of carboxylic acids is 2. The van der Waals surface area contributed by atoms with Gasteiger partial charge in [0.2, 0.25) is 0 Å². The normalized spacial score (nSPS) is 12.5. The quantitative estimate of drug-likeness (QED) is 0.0585. The maximum atomic E-state index is 14.7. The van der Waals surface area contributed by atoms with Gasteiger partial charge in [-0.1, -0.05) is 0 Å². The summed E-state index contributed by atoms with van der Waals surface area (Å²) in [5.74, 6) is -4.64. The van der Waals surface area contributed by atoms with Crippen molar-refractivity contribution in [2.45, 2.75) is 12.8 Å². The summed E-state index contributed by atoms with van der Waals surface area (Å²) in [6, 6.07) is 18.9. The molecule has 18 nitrogen and oxygen atoms in total. The maximum Gasteiger partial charge on any atom is 0.305 e. The fourth-order valence-electron chi connectivity index (χ4n) is 8.89. The molecule has 0 aliphatic carbocycles. The highest BCUT2D eigenvalue weighted by Crippen LogP contribution is 2.57. The van der Waals surface area contributed by atoms with Crippen LogP contribution in [0.15, 0.2) is 122 Å². The summed E-state index contributed by atoms with van der Waals surface area (Å²) < 4.78 is 26.8. The minimum absolute atomic E-state index is 0. The minimum atomic E-state index is -1.23. The number of benzene rings is 5. The summed E-state index contributed by atoms with van der Waals surface area (Å²) in [6.45, 7) is -0.916. The molecule has 22 heteroatoms. The standard InChI is InChI=1S/C50H30N6O12.4ClH/c57-37(58)9-15-55-47(61)29-17-33(65-25-5-1-11-51-21-25)41-42-34(66-26-6-2-12-52-22-26)18-31-40-32(50(64)56(49(31)63)16-10-38(59)60)20-36(68-28-8-4-14-54-24-28)44(46(40)42)43-35(67-27-7-3-13-53-23-27)19-30(48(55)62)39(29)45(41)43;;;;/h1-8,11-14,17-24H,9-10,15-16H2,(H,57,58)(H,59,60);4*1H. The lowest BCUT2D eigenvalue weighted by Gasteiger charge is -2.32. The molecule has 9 aromatic rings. The van der Waals surface area contributed by atoms with E-state index in [2.05, 4.69) is 19.9 Å². The number of amides is 4. The molecule has 0 atom stereocenters. The van der Waals surface area contributed by atoms with E-state index in [0.29, 0.717) is 0 Å². The number of rotatable bonds is 14. The van der Waals surface area contributed by atoms with Gasteiger partial charge in [-0.2, -0.15) is 0 Å². The number of carbonyl (C=O) groups is 6. The van der Waals surface area contributed by atoms with Gasteiger partial charge in [0.15, 0.2) is 0 Å². The fraction of sp³-hybridized carbons (Fsp3) is 0.0800. The van der Waals surface area contributed by atoms with Crippen molar-refractivity contribution in [1.82, 2.24) is 29.7 Å². The van der Waals surface area contributed by atoms with Crippen LogP contribution in [-0.2, 0) is 9.59 Å². The zero-order valence-electron chi connectivity index (χ0n) is 36.7. The lowest BCUT2D eigenvalue weighted by molar-refractivity contribution is -0.138. The smallest absolute Gasteiger partial charge is 0.305 e. The van der Waals surface area contributed by atoms with Crippen LogP contribution < -0.4 is 18.9 Å². The summed E-state index contributed by atoms with van der Waals surface area (Å²) in [7, 11) is 0. The van der Waals surface area contributed by atoms with E-state index in [-0.39, 0.29) is 161 Å². The molecule has 0 radical (unpaired) electrons. The summed E-state index contributed by atoms with van der Waals surface area (Å²) >= 11 is 0. The van der Waals surface area contributed by atoms with Crippen LogP contribution in [-0.4, -0.2) is 88.6 Å². The molecular weight excluding hydrogens is 1020 g/mol. The molecule has 2 aliphatic rings. The van der Waals surface area contributed by atoms with Gasteiger partial charge in [0.25, 0.3) is 23.6 Å². The Balaban J connectivity index is 0.00000190. The average Bonchev–Trinajstić information content (AvgIpc) is 3.34. The number of carbonyl (C=O) groups excluding carboxylic acids is 4. The van der Waals surface area contributed by atoms with Gasteiger partial charge in [-0.05, 0) is 72.8 Å². The first-order valence-corrected chi connectivity index (χ1v) is 20.9. The van der Waals surface area contributed by atoms with Crippen molar-refractivity contribution in [3.05, 3.63) is 145 Å². The van der Waals surface area contributed by atoms with E-state index in [1.54, 1.807) is 73.3 Å². The molecule has 0 bridgehead atoms. The Labute approximate surface area is 430 Å². The Hall–Kier alpha value is -8.42. The third-order valence-corrected chi connectivity index (χ3v) is 11.6. The van der Waals surface area contributed by atoms with Gasteiger partial charge in [0.1, 0.15) is 46.0 Å². The summed E-state index contributed by atoms with van der Waals surface area (Å²) in [5, 5.41) is 21.1. The number of hydrogen-bond acceptors (Lipinski definition) is 14. The Kier molecular flexibility index (Phi) is 14.6. The number of fused-ring (bicyclic) bond motifs is 2. The van der Waals surface area contributed by atoms with Crippen molar-refractivity contribution < 1.29 is 57.9 Å². The highest BCUT2D eigenvalue weighted by atomic mass is 35.5. The van der Waals surface area contributed by atoms with Gasteiger partial charge in [-0.3, -0.25) is 58.5 Å². The van der Waals surface area contributed by atoms with E-state index in [1.807, 2.05) is 0 Å². The third kappa shape index (κ3) is 8.66. The van der Waals surface area contributed by atoms with Gasteiger partial charge >= 0.3 is 11.9 Å². The first-order valence-electron chi connectivity index (χ1n) is 20.9. The van der Waals surface area contributed by atoms with Crippen molar-refractivity contribution in [2.75, 3.05) is 13.1 Å². The average molecular weight is 1050 g/mol. The number of imide groups is 2. The number of hydrogen-bond donors (Lipinski definition) is 2. The molecule has 11 rings (SSSR count). The van der Waals surface area contributed by atoms with Gasteiger partial charge in [0, 0.05) is 81.0 Å². The molecule has 364 valence electrons. The predicted octanol–water partition coefficient (Wildman–Crippen LogP) is 10.3. The SMILES string of the molecule is Cl.Cl.Cl.Cl.O=C(O)CCN1C(=O)c2cc(Oc3cccnc3)c3c4c(Oc5cccnc5)cc5c6c(cc(Oc7cccnc7)c(c7c(Oc8cccnc8)cc(c2c37)C1=O)c64)C(=O)N(CCC(=O)O)C5=O. The van der Waals surface area contributed by atoms with Crippen LogP contribution in [0.2, 0.25) is 0 Å². The molecule has 0 saturated carbocycles. The number of aromatic nitrogens is 4. The zero-order chi connectivity index (χ0) is 46.8. The highest BCUT2D eigenvalue weighted by molar-refractivity contribution is 6.44. The minimum Gasteiger partial charge on any atom is -0.481 e. The Morgan fingerprint density at radius 2 is 0.653 bits per heavy atom. The molecule has 0 spiro atoms. The van der Waals surface area contributed by atoms with Gasteiger partial charge in [-0.25, -0.2) is 0 Å². The van der Waals surface area contributed by atoms with E-state index < -0.39 is 61.5 Å². The zero-order valence-corrected chi connectivity index (χ0v) is 39.9. The first-order chi connectivity index (χ1) is 33.0. The van der Waals surface area contributed by atoms with Gasteiger partial charge in [-0.15, -0.1) is 49.6 Å². The Morgan fingerprint density at radius 1 is 0.403 bits per heavy atom. The maximum absolute atomic E-state index is 14.7. The van der Waals surface area contributed by atoms with Gasteiger partial charge in [0.05, 0.1) is 59.9 Å². The second kappa shape index (κ2) is 20.5. The third-order valence-electron chi connectivity index (χ3n) is 11.6. The van der Waals surface area contributed by atoms with Crippen LogP contribution >= 0.6 is 49.6 Å². The lowest BCUT2D eigenvalue weighted by Crippen LogP contribution is -2.41. The summed E-state index contributed by atoms with van der Waals surface area (Å²) in [6.07, 6.45) is 10.9. The molecule has 2 N–H and O–H groups in total. The van der Waals surface area contributed by atoms with E-state index in [0.717, 1.165) is 9.80 Å². The van der Waals surface area contributed by atoms with E-state index in [4.69, 9.17) is 18.9 Å². The van der Waals surface area contributed by atoms with E-state index in [9.17, 15) is 39.0 Å². The van der Waals surface area contributed by atoms with Crippen LogP contribution in [0.3, 0.4) is 0 Å². The monoisotopic (exact) mass is 1050 g/mol. The second-order valence-electron chi connectivity index (χ2n) is 15.7. The molecule has 2 aliphatic heterocycles. The molecule has 0 unspecified atom stereocenters. The van der Waals surface area contributed by atoms with Crippen LogP contribution in [0.5, 0.6) is 46.0 Å². The van der Waals surface area contributed by atoms with Crippen molar-refractivity contribution in [3.8, 4) is 46.0 Å². The number of carboxylic acid groups (broad SMARTS) is 2. The number of ether oxygens (including phenoxy) is 4. The van der Waals surface area contributed by atoms with E-state index >= 15 is 0 Å². The number of aliphatic carboxylic acids is 2. The molecule has 4 aromatic heterocycles. The summed E-state index contributed by atoms with van der Waals surface area (Å²) in [5.41, 5.74) is -0.0750. The second-order valence-corrected chi connectivity index (χ2v) is 15.7. The van der Waals surface area contributed by atoms with Crippen molar-refractivity contribution in [2.24, 2.45) is 0 Å². The van der Waals surface area contributed by atoms with Crippen molar-refractivity contribution >= 4 is 128 Å². The topological polar surface area (TPSA) is 238 Å². The number of pyridine rings is 4. The Morgan fingerprint density at radius 3 is 0.861 bits per heavy atom. The fourth-order valence-corrected chi connectivity index (χ4v) is 8.89. The first kappa shape index (κ1) is 51.4. The van der Waals surface area contributed by atoms with Gasteiger partial charge < -0.3 is 29.2 Å². The molecule has 0 fully saturated rings. The number of halogens is 4. The largest absolute Gasteiger partial charge is 0.481 e. The van der Waals surface area contributed by atoms with Crippen LogP contribution in [0, 0.1) is 0 Å². The van der Waals surface area contributed by atoms with Crippen molar-refractivity contribution in [3.63, 3.8) is 0 Å². The van der Waals surface area contributed by atoms with Crippen molar-refractivity contribution in [1.29, 1.82) is 0 Å². The van der Waals surface area contributed by atoms with E-state index in [1.165, 1.54) is 49.1 Å². The predicted molar refractivity (Wildman–Crippen MR) is 269 cm³/mol. The molecular formula is C50H34Cl4N6O12. The highest BCUT2D eigenvalue weighted by Gasteiger charge is 2.41. The lowest BCUT2D eigenvalue weighted by atomic mass is 9.80. The van der Waals surface area contributed by atoms with Crippen LogP contribution in [0.4, 0.5) is 0 Å². The molecule has 4 amide bonds.